The van der Waals surface area contributed by atoms with Crippen LogP contribution in [0.5, 0.6) is 0 Å². The molecule has 2 amide bonds. The Balaban J connectivity index is 1.50. The quantitative estimate of drug-likeness (QED) is 0.738. The number of nitrogens with zero attached hydrogens (tertiary/aromatic N) is 1. The highest BCUT2D eigenvalue weighted by Gasteiger charge is 2.24. The van der Waals surface area contributed by atoms with Crippen molar-refractivity contribution < 1.29 is 14.4 Å². The van der Waals surface area contributed by atoms with Gasteiger partial charge in [-0.25, -0.2) is 0 Å². The van der Waals surface area contributed by atoms with Gasteiger partial charge in [-0.15, -0.1) is 0 Å². The van der Waals surface area contributed by atoms with Crippen LogP contribution in [0.3, 0.4) is 0 Å². The van der Waals surface area contributed by atoms with Gasteiger partial charge in [-0.2, -0.15) is 0 Å². The molecular weight excluding hydrogens is 396 g/mol. The number of rotatable bonds is 6. The first-order chi connectivity index (χ1) is 12.4. The second-order valence-corrected chi connectivity index (χ2v) is 7.22. The van der Waals surface area contributed by atoms with Gasteiger partial charge in [0.25, 0.3) is 0 Å². The minimum Gasteiger partial charge on any atom is -0.355 e. The molecule has 2 aromatic rings. The topological polar surface area (TPSA) is 66.5 Å². The maximum absolute atomic E-state index is 12.3. The van der Waals surface area contributed by atoms with Crippen LogP contribution in [0, 0.1) is 0 Å². The molecule has 5 nitrogen and oxygen atoms in total. The van der Waals surface area contributed by atoms with Crippen molar-refractivity contribution in [2.75, 3.05) is 18.5 Å². The highest BCUT2D eigenvalue weighted by Crippen LogP contribution is 2.28. The molecule has 0 spiro atoms. The van der Waals surface area contributed by atoms with Gasteiger partial charge in [0.2, 0.25) is 11.8 Å². The third kappa shape index (κ3) is 4.19. The summed E-state index contributed by atoms with van der Waals surface area (Å²) in [7, 11) is 1.73. The molecule has 0 fully saturated rings. The number of Topliss-reactive ketones (excluding diaryl/α,β-unsaturated/α-hetero) is 1. The zero-order valence-corrected chi connectivity index (χ0v) is 16.0. The molecule has 1 aliphatic rings. The van der Waals surface area contributed by atoms with Gasteiger partial charge in [0.15, 0.2) is 5.78 Å². The normalized spacial score (nSPS) is 12.8. The average molecular weight is 415 g/mol. The predicted molar refractivity (Wildman–Crippen MR) is 103 cm³/mol. The van der Waals surface area contributed by atoms with Gasteiger partial charge < -0.3 is 10.2 Å². The number of carbonyl (C=O) groups excluding carboxylic acids is 3. The van der Waals surface area contributed by atoms with E-state index in [1.165, 1.54) is 0 Å². The third-order valence-corrected chi connectivity index (χ3v) is 4.96. The van der Waals surface area contributed by atoms with E-state index in [0.717, 1.165) is 21.3 Å². The summed E-state index contributed by atoms with van der Waals surface area (Å²) >= 11 is 3.36. The molecule has 26 heavy (non-hydrogen) atoms. The molecule has 0 aliphatic carbocycles. The Kier molecular flexibility index (Phi) is 5.52. The molecule has 0 radical (unpaired) electrons. The molecule has 0 bridgehead atoms. The minimum absolute atomic E-state index is 0.0322. The summed E-state index contributed by atoms with van der Waals surface area (Å²) in [6.07, 6.45) is 0.848. The van der Waals surface area contributed by atoms with Gasteiger partial charge in [-0.1, -0.05) is 28.1 Å². The lowest BCUT2D eigenvalue weighted by molar-refractivity contribution is -0.120. The van der Waals surface area contributed by atoms with Gasteiger partial charge in [0, 0.05) is 35.7 Å². The van der Waals surface area contributed by atoms with Gasteiger partial charge >= 0.3 is 0 Å². The maximum Gasteiger partial charge on any atom is 0.231 e. The van der Waals surface area contributed by atoms with Crippen molar-refractivity contribution >= 4 is 39.2 Å². The van der Waals surface area contributed by atoms with Crippen LogP contribution >= 0.6 is 15.9 Å². The SMILES string of the molecule is CN1C(=O)Cc2cc(C(=O)CCNC(=O)Cc3ccc(Br)cc3)ccc21. The van der Waals surface area contributed by atoms with Gasteiger partial charge in [0.05, 0.1) is 12.8 Å². The first-order valence-electron chi connectivity index (χ1n) is 8.38. The molecule has 0 atom stereocenters. The molecule has 6 heteroatoms. The van der Waals surface area contributed by atoms with Crippen LogP contribution in [0.15, 0.2) is 46.9 Å². The Hall–Kier alpha value is -2.47. The molecular formula is C20H19BrN2O3. The molecule has 1 heterocycles. The summed E-state index contributed by atoms with van der Waals surface area (Å²) < 4.78 is 0.967. The fourth-order valence-electron chi connectivity index (χ4n) is 2.95. The van der Waals surface area contributed by atoms with E-state index < -0.39 is 0 Å². The molecule has 3 rings (SSSR count). The minimum atomic E-state index is -0.110. The van der Waals surface area contributed by atoms with Crippen LogP contribution in [0.25, 0.3) is 0 Å². The van der Waals surface area contributed by atoms with Gasteiger partial charge in [0.1, 0.15) is 0 Å². The second kappa shape index (κ2) is 7.83. The Morgan fingerprint density at radius 1 is 1.15 bits per heavy atom. The smallest absolute Gasteiger partial charge is 0.231 e. The number of halogens is 1. The van der Waals surface area contributed by atoms with Crippen molar-refractivity contribution in [1.82, 2.24) is 5.32 Å². The molecule has 2 aromatic carbocycles. The molecule has 0 saturated carbocycles. The molecule has 0 aromatic heterocycles. The monoisotopic (exact) mass is 414 g/mol. The number of carbonyl (C=O) groups is 3. The predicted octanol–water partition coefficient (Wildman–Crippen LogP) is 2.90. The van der Waals surface area contributed by atoms with Gasteiger partial charge in [-0.3, -0.25) is 14.4 Å². The summed E-state index contributed by atoms with van der Waals surface area (Å²) in [5.41, 5.74) is 3.23. The summed E-state index contributed by atoms with van der Waals surface area (Å²) in [6, 6.07) is 12.9. The number of nitrogens with one attached hydrogen (secondary N) is 1. The molecule has 0 unspecified atom stereocenters. The molecule has 0 saturated heterocycles. The number of benzene rings is 2. The number of fused-ring (bicyclic) bond motifs is 1. The largest absolute Gasteiger partial charge is 0.355 e. The van der Waals surface area contributed by atoms with E-state index in [9.17, 15) is 14.4 Å². The molecule has 1 N–H and O–H groups in total. The Morgan fingerprint density at radius 2 is 1.88 bits per heavy atom. The van der Waals surface area contributed by atoms with E-state index in [1.54, 1.807) is 30.1 Å². The number of hydrogen-bond donors (Lipinski definition) is 1. The second-order valence-electron chi connectivity index (χ2n) is 6.30. The van der Waals surface area contributed by atoms with Crippen LogP contribution in [-0.4, -0.2) is 31.2 Å². The Bertz CT molecular complexity index is 862. The van der Waals surface area contributed by atoms with Crippen LogP contribution < -0.4 is 10.2 Å². The van der Waals surface area contributed by atoms with E-state index >= 15 is 0 Å². The number of hydrogen-bond acceptors (Lipinski definition) is 3. The Labute approximate surface area is 160 Å². The Morgan fingerprint density at radius 3 is 2.62 bits per heavy atom. The maximum atomic E-state index is 12.3. The van der Waals surface area contributed by atoms with E-state index in [4.69, 9.17) is 0 Å². The van der Waals surface area contributed by atoms with Crippen LogP contribution in [0.1, 0.15) is 27.9 Å². The van der Waals surface area contributed by atoms with E-state index in [1.807, 2.05) is 24.3 Å². The lowest BCUT2D eigenvalue weighted by Gasteiger charge is -2.10. The van der Waals surface area contributed by atoms with Crippen LogP contribution in [0.4, 0.5) is 5.69 Å². The van der Waals surface area contributed by atoms with Crippen molar-refractivity contribution in [3.8, 4) is 0 Å². The third-order valence-electron chi connectivity index (χ3n) is 4.43. The number of anilines is 1. The highest BCUT2D eigenvalue weighted by atomic mass is 79.9. The number of amides is 2. The molecule has 1 aliphatic heterocycles. The summed E-state index contributed by atoms with van der Waals surface area (Å²) in [6.45, 7) is 0.296. The lowest BCUT2D eigenvalue weighted by atomic mass is 10.0. The van der Waals surface area contributed by atoms with E-state index in [0.29, 0.717) is 18.5 Å². The van der Waals surface area contributed by atoms with Gasteiger partial charge in [-0.05, 0) is 41.5 Å². The first-order valence-corrected chi connectivity index (χ1v) is 9.17. The summed E-state index contributed by atoms with van der Waals surface area (Å²) in [5.74, 6) is -0.121. The van der Waals surface area contributed by atoms with E-state index in [2.05, 4.69) is 21.2 Å². The van der Waals surface area contributed by atoms with E-state index in [-0.39, 0.29) is 30.4 Å². The fraction of sp³-hybridized carbons (Fsp3) is 0.250. The number of likely N-dealkylation sites (N-methyl/N-ethyl adjacent to an activating group) is 1. The lowest BCUT2D eigenvalue weighted by Crippen LogP contribution is -2.27. The van der Waals surface area contributed by atoms with Crippen LogP contribution in [-0.2, 0) is 22.4 Å². The average Bonchev–Trinajstić information content (AvgIpc) is 2.90. The van der Waals surface area contributed by atoms with Crippen molar-refractivity contribution in [2.24, 2.45) is 0 Å². The number of ketones is 1. The van der Waals surface area contributed by atoms with Crippen LogP contribution in [0.2, 0.25) is 0 Å². The fourth-order valence-corrected chi connectivity index (χ4v) is 3.22. The zero-order chi connectivity index (χ0) is 18.7. The zero-order valence-electron chi connectivity index (χ0n) is 14.4. The first kappa shape index (κ1) is 18.3. The molecule has 134 valence electrons. The van der Waals surface area contributed by atoms with Crippen molar-refractivity contribution in [3.05, 3.63) is 63.6 Å². The summed E-state index contributed by atoms with van der Waals surface area (Å²) in [5, 5.41) is 2.78. The standard InChI is InChI=1S/C20H19BrN2O3/c1-23-17-7-4-14(11-15(17)12-20(23)26)18(24)8-9-22-19(25)10-13-2-5-16(21)6-3-13/h2-7,11H,8-10,12H2,1H3,(H,22,25). The van der Waals surface area contributed by atoms with Crippen molar-refractivity contribution in [1.29, 1.82) is 0 Å². The van der Waals surface area contributed by atoms with Crippen molar-refractivity contribution in [2.45, 2.75) is 19.3 Å². The van der Waals surface area contributed by atoms with Crippen molar-refractivity contribution in [3.63, 3.8) is 0 Å². The summed E-state index contributed by atoms with van der Waals surface area (Å²) in [4.78, 5) is 37.6. The highest BCUT2D eigenvalue weighted by molar-refractivity contribution is 9.10.